The Kier molecular flexibility index (Phi) is 4.57. The van der Waals surface area contributed by atoms with Crippen molar-refractivity contribution in [3.05, 3.63) is 35.4 Å². The third-order valence-corrected chi connectivity index (χ3v) is 3.97. The summed E-state index contributed by atoms with van der Waals surface area (Å²) in [6.07, 6.45) is 3.44. The van der Waals surface area contributed by atoms with Crippen molar-refractivity contribution >= 4 is 0 Å². The van der Waals surface area contributed by atoms with Crippen LogP contribution in [0.4, 0.5) is 0 Å². The van der Waals surface area contributed by atoms with Crippen molar-refractivity contribution in [3.63, 3.8) is 0 Å². The molecule has 0 bridgehead atoms. The van der Waals surface area contributed by atoms with Crippen LogP contribution in [0.2, 0.25) is 0 Å². The summed E-state index contributed by atoms with van der Waals surface area (Å²) in [5.41, 5.74) is 2.67. The molecule has 2 heteroatoms. The van der Waals surface area contributed by atoms with Crippen LogP contribution in [0.25, 0.3) is 0 Å². The quantitative estimate of drug-likeness (QED) is 0.836. The van der Waals surface area contributed by atoms with E-state index in [0.717, 1.165) is 19.5 Å². The van der Waals surface area contributed by atoms with Crippen LogP contribution in [0.1, 0.15) is 36.8 Å². The summed E-state index contributed by atoms with van der Waals surface area (Å²) in [6, 6.07) is 8.78. The Morgan fingerprint density at radius 2 is 1.88 bits per heavy atom. The standard InChI is InChI=1S/C15H23NO/c1-2-12-3-5-13(6-4-12)15(11-17)14-7-9-16-10-8-14/h3-6,14-17H,2,7-11H2,1H3. The van der Waals surface area contributed by atoms with Gasteiger partial charge in [0.2, 0.25) is 0 Å². The molecule has 1 aliphatic rings. The van der Waals surface area contributed by atoms with Crippen LogP contribution < -0.4 is 5.32 Å². The first-order valence-electron chi connectivity index (χ1n) is 6.75. The minimum absolute atomic E-state index is 0.274. The van der Waals surface area contributed by atoms with E-state index < -0.39 is 0 Å². The Bertz CT molecular complexity index is 327. The molecule has 2 N–H and O–H groups in total. The van der Waals surface area contributed by atoms with Crippen LogP contribution in [0.3, 0.4) is 0 Å². The van der Waals surface area contributed by atoms with Crippen LogP contribution in [0.15, 0.2) is 24.3 Å². The molecular weight excluding hydrogens is 210 g/mol. The van der Waals surface area contributed by atoms with Gasteiger partial charge in [-0.1, -0.05) is 31.2 Å². The van der Waals surface area contributed by atoms with E-state index in [2.05, 4.69) is 36.5 Å². The van der Waals surface area contributed by atoms with E-state index in [9.17, 15) is 5.11 Å². The van der Waals surface area contributed by atoms with Gasteiger partial charge in [-0.05, 0) is 49.4 Å². The highest BCUT2D eigenvalue weighted by molar-refractivity contribution is 5.26. The molecule has 17 heavy (non-hydrogen) atoms. The SMILES string of the molecule is CCc1ccc(C(CO)C2CCNCC2)cc1. The zero-order chi connectivity index (χ0) is 12.1. The lowest BCUT2D eigenvalue weighted by molar-refractivity contribution is 0.201. The summed E-state index contributed by atoms with van der Waals surface area (Å²) >= 11 is 0. The van der Waals surface area contributed by atoms with Gasteiger partial charge in [-0.3, -0.25) is 0 Å². The molecule has 1 saturated heterocycles. The molecule has 1 unspecified atom stereocenters. The number of nitrogens with one attached hydrogen (secondary N) is 1. The fourth-order valence-electron chi connectivity index (χ4n) is 2.77. The van der Waals surface area contributed by atoms with E-state index in [1.54, 1.807) is 0 Å². The van der Waals surface area contributed by atoms with Crippen LogP contribution in [0.5, 0.6) is 0 Å². The first-order valence-corrected chi connectivity index (χ1v) is 6.75. The Labute approximate surface area is 104 Å². The first kappa shape index (κ1) is 12.6. The van der Waals surface area contributed by atoms with Crippen molar-refractivity contribution < 1.29 is 5.11 Å². The second-order valence-corrected chi connectivity index (χ2v) is 4.97. The van der Waals surface area contributed by atoms with Gasteiger partial charge >= 0.3 is 0 Å². The van der Waals surface area contributed by atoms with Gasteiger partial charge in [-0.25, -0.2) is 0 Å². The van der Waals surface area contributed by atoms with Crippen LogP contribution in [0, 0.1) is 5.92 Å². The summed E-state index contributed by atoms with van der Waals surface area (Å²) in [5.74, 6) is 0.955. The number of piperidine rings is 1. The van der Waals surface area contributed by atoms with Crippen LogP contribution >= 0.6 is 0 Å². The minimum atomic E-state index is 0.274. The number of benzene rings is 1. The number of aryl methyl sites for hydroxylation is 1. The highest BCUT2D eigenvalue weighted by Crippen LogP contribution is 2.30. The van der Waals surface area contributed by atoms with Gasteiger partial charge in [-0.15, -0.1) is 0 Å². The average Bonchev–Trinajstić information content (AvgIpc) is 2.42. The molecule has 0 saturated carbocycles. The summed E-state index contributed by atoms with van der Waals surface area (Å²) in [5, 5.41) is 13.0. The van der Waals surface area contributed by atoms with Crippen LogP contribution in [-0.2, 0) is 6.42 Å². The summed E-state index contributed by atoms with van der Waals surface area (Å²) in [6.45, 7) is 4.63. The van der Waals surface area contributed by atoms with E-state index in [1.165, 1.54) is 24.0 Å². The maximum Gasteiger partial charge on any atom is 0.0502 e. The summed E-state index contributed by atoms with van der Waals surface area (Å²) < 4.78 is 0. The predicted octanol–water partition coefficient (Wildman–Crippen LogP) is 2.32. The molecule has 1 aromatic rings. The molecule has 0 radical (unpaired) electrons. The van der Waals surface area contributed by atoms with Gasteiger partial charge in [0.15, 0.2) is 0 Å². The molecule has 2 nitrogen and oxygen atoms in total. The number of aliphatic hydroxyl groups excluding tert-OH is 1. The van der Waals surface area contributed by atoms with Crippen LogP contribution in [-0.4, -0.2) is 24.8 Å². The van der Waals surface area contributed by atoms with Gasteiger partial charge in [0.1, 0.15) is 0 Å². The molecule has 0 aromatic heterocycles. The lowest BCUT2D eigenvalue weighted by Crippen LogP contribution is -2.32. The van der Waals surface area contributed by atoms with E-state index >= 15 is 0 Å². The zero-order valence-electron chi connectivity index (χ0n) is 10.7. The number of rotatable bonds is 4. The molecule has 1 heterocycles. The predicted molar refractivity (Wildman–Crippen MR) is 71.2 cm³/mol. The summed E-state index contributed by atoms with van der Waals surface area (Å²) in [4.78, 5) is 0. The average molecular weight is 233 g/mol. The van der Waals surface area contributed by atoms with E-state index in [4.69, 9.17) is 0 Å². The molecule has 1 atom stereocenters. The molecule has 94 valence electrons. The Morgan fingerprint density at radius 1 is 1.24 bits per heavy atom. The van der Waals surface area contributed by atoms with E-state index in [-0.39, 0.29) is 6.61 Å². The molecule has 0 amide bonds. The number of hydrogen-bond donors (Lipinski definition) is 2. The third-order valence-electron chi connectivity index (χ3n) is 3.97. The van der Waals surface area contributed by atoms with Gasteiger partial charge in [-0.2, -0.15) is 0 Å². The van der Waals surface area contributed by atoms with Crippen molar-refractivity contribution in [1.29, 1.82) is 0 Å². The summed E-state index contributed by atoms with van der Waals surface area (Å²) in [7, 11) is 0. The zero-order valence-corrected chi connectivity index (χ0v) is 10.7. The van der Waals surface area contributed by atoms with Crippen molar-refractivity contribution in [1.82, 2.24) is 5.32 Å². The Morgan fingerprint density at radius 3 is 2.41 bits per heavy atom. The molecule has 1 aliphatic heterocycles. The van der Waals surface area contributed by atoms with E-state index in [0.29, 0.717) is 11.8 Å². The lowest BCUT2D eigenvalue weighted by Gasteiger charge is -2.30. The monoisotopic (exact) mass is 233 g/mol. The second kappa shape index (κ2) is 6.18. The maximum absolute atomic E-state index is 9.64. The number of hydrogen-bond acceptors (Lipinski definition) is 2. The Hall–Kier alpha value is -0.860. The molecule has 2 rings (SSSR count). The van der Waals surface area contributed by atoms with Crippen molar-refractivity contribution in [3.8, 4) is 0 Å². The second-order valence-electron chi connectivity index (χ2n) is 4.97. The van der Waals surface area contributed by atoms with Crippen molar-refractivity contribution in [2.24, 2.45) is 5.92 Å². The van der Waals surface area contributed by atoms with E-state index in [1.807, 2.05) is 0 Å². The molecule has 0 aliphatic carbocycles. The minimum Gasteiger partial charge on any atom is -0.396 e. The lowest BCUT2D eigenvalue weighted by atomic mass is 9.81. The number of aliphatic hydroxyl groups is 1. The van der Waals surface area contributed by atoms with Gasteiger partial charge in [0, 0.05) is 5.92 Å². The third kappa shape index (κ3) is 3.08. The van der Waals surface area contributed by atoms with Gasteiger partial charge in [0.25, 0.3) is 0 Å². The van der Waals surface area contributed by atoms with Crippen molar-refractivity contribution in [2.45, 2.75) is 32.1 Å². The normalized spacial score (nSPS) is 19.2. The first-order chi connectivity index (χ1) is 8.35. The molecule has 1 aromatic carbocycles. The molecule has 0 spiro atoms. The molecule has 1 fully saturated rings. The largest absolute Gasteiger partial charge is 0.396 e. The highest BCUT2D eigenvalue weighted by Gasteiger charge is 2.24. The highest BCUT2D eigenvalue weighted by atomic mass is 16.3. The van der Waals surface area contributed by atoms with Gasteiger partial charge in [0.05, 0.1) is 6.61 Å². The van der Waals surface area contributed by atoms with Gasteiger partial charge < -0.3 is 10.4 Å². The fraction of sp³-hybridized carbons (Fsp3) is 0.600. The topological polar surface area (TPSA) is 32.3 Å². The molecular formula is C15H23NO. The van der Waals surface area contributed by atoms with Crippen molar-refractivity contribution in [2.75, 3.05) is 19.7 Å². The maximum atomic E-state index is 9.64. The fourth-order valence-corrected chi connectivity index (χ4v) is 2.77. The smallest absolute Gasteiger partial charge is 0.0502 e. The Balaban J connectivity index is 2.10.